The Kier molecular flexibility index (Phi) is 5.21. The van der Waals surface area contributed by atoms with Gasteiger partial charge in [-0.25, -0.2) is 0 Å². The lowest BCUT2D eigenvalue weighted by Gasteiger charge is -2.17. The van der Waals surface area contributed by atoms with Gasteiger partial charge in [-0.05, 0) is 38.5 Å². The van der Waals surface area contributed by atoms with Crippen LogP contribution in [0, 0.1) is 13.8 Å². The Labute approximate surface area is 136 Å². The summed E-state index contributed by atoms with van der Waals surface area (Å²) in [6, 6.07) is 11.8. The van der Waals surface area contributed by atoms with Gasteiger partial charge in [0.1, 0.15) is 0 Å². The highest BCUT2D eigenvalue weighted by Crippen LogP contribution is 2.21. The standard InChI is InChI=1S/C18H22N2O3/c1-13-12-16(18(23)19(3)11-7-10-17(21)22)14(2)20(13)15-8-5-4-6-9-15/h4-6,8-9,12H,7,10-11H2,1-3H3,(H,21,22). The number of nitrogens with zero attached hydrogens (tertiary/aromatic N) is 2. The van der Waals surface area contributed by atoms with E-state index in [4.69, 9.17) is 5.11 Å². The van der Waals surface area contributed by atoms with Crippen molar-refractivity contribution in [2.75, 3.05) is 13.6 Å². The van der Waals surface area contributed by atoms with E-state index in [0.29, 0.717) is 18.5 Å². The summed E-state index contributed by atoms with van der Waals surface area (Å²) in [5.74, 6) is -0.918. The molecule has 0 aliphatic rings. The van der Waals surface area contributed by atoms with Crippen molar-refractivity contribution in [2.24, 2.45) is 0 Å². The minimum Gasteiger partial charge on any atom is -0.481 e. The van der Waals surface area contributed by atoms with Gasteiger partial charge in [-0.2, -0.15) is 0 Å². The van der Waals surface area contributed by atoms with E-state index in [0.717, 1.165) is 17.1 Å². The van der Waals surface area contributed by atoms with Crippen LogP contribution in [-0.4, -0.2) is 40.0 Å². The van der Waals surface area contributed by atoms with Crippen molar-refractivity contribution in [3.63, 3.8) is 0 Å². The Bertz CT molecular complexity index is 705. The number of carbonyl (C=O) groups is 2. The third kappa shape index (κ3) is 3.80. The second-order valence-electron chi connectivity index (χ2n) is 5.68. The fourth-order valence-corrected chi connectivity index (χ4v) is 2.73. The average molecular weight is 314 g/mol. The van der Waals surface area contributed by atoms with Gasteiger partial charge in [0, 0.05) is 37.1 Å². The number of aromatic nitrogens is 1. The highest BCUT2D eigenvalue weighted by molar-refractivity contribution is 5.95. The van der Waals surface area contributed by atoms with Crippen LogP contribution in [-0.2, 0) is 4.79 Å². The minimum absolute atomic E-state index is 0.0701. The van der Waals surface area contributed by atoms with Gasteiger partial charge in [0.05, 0.1) is 5.56 Å². The summed E-state index contributed by atoms with van der Waals surface area (Å²) < 4.78 is 2.05. The molecule has 5 nitrogen and oxygen atoms in total. The van der Waals surface area contributed by atoms with E-state index in [1.807, 2.05) is 50.2 Å². The lowest BCUT2D eigenvalue weighted by Crippen LogP contribution is -2.28. The van der Waals surface area contributed by atoms with E-state index >= 15 is 0 Å². The predicted octanol–water partition coefficient (Wildman–Crippen LogP) is 3.03. The summed E-state index contributed by atoms with van der Waals surface area (Å²) in [7, 11) is 1.71. The van der Waals surface area contributed by atoms with E-state index in [2.05, 4.69) is 4.57 Å². The number of para-hydroxylation sites is 1. The molecule has 0 radical (unpaired) electrons. The summed E-state index contributed by atoms with van der Waals surface area (Å²) >= 11 is 0. The Balaban J connectivity index is 2.21. The molecule has 0 saturated carbocycles. The number of carbonyl (C=O) groups excluding carboxylic acids is 1. The lowest BCUT2D eigenvalue weighted by molar-refractivity contribution is -0.137. The summed E-state index contributed by atoms with van der Waals surface area (Å²) in [4.78, 5) is 24.8. The van der Waals surface area contributed by atoms with Crippen LogP contribution in [0.3, 0.4) is 0 Å². The number of carboxylic acids is 1. The van der Waals surface area contributed by atoms with Gasteiger partial charge in [-0.1, -0.05) is 18.2 Å². The fraction of sp³-hybridized carbons (Fsp3) is 0.333. The first-order valence-corrected chi connectivity index (χ1v) is 7.63. The summed E-state index contributed by atoms with van der Waals surface area (Å²) in [5, 5.41) is 8.69. The molecule has 0 aliphatic heterocycles. The first kappa shape index (κ1) is 16.8. The molecule has 0 aliphatic carbocycles. The number of aryl methyl sites for hydroxylation is 1. The lowest BCUT2D eigenvalue weighted by atomic mass is 10.2. The monoisotopic (exact) mass is 314 g/mol. The number of amides is 1. The topological polar surface area (TPSA) is 62.5 Å². The molecule has 1 aromatic carbocycles. The molecular formula is C18H22N2O3. The maximum absolute atomic E-state index is 12.6. The molecule has 0 spiro atoms. The minimum atomic E-state index is -0.840. The number of aliphatic carboxylic acids is 1. The van der Waals surface area contributed by atoms with Crippen molar-refractivity contribution in [3.05, 3.63) is 53.3 Å². The number of hydrogen-bond acceptors (Lipinski definition) is 2. The van der Waals surface area contributed by atoms with E-state index in [9.17, 15) is 9.59 Å². The van der Waals surface area contributed by atoms with Crippen LogP contribution < -0.4 is 0 Å². The molecule has 0 unspecified atom stereocenters. The first-order chi connectivity index (χ1) is 10.9. The van der Waals surface area contributed by atoms with E-state index < -0.39 is 5.97 Å². The largest absolute Gasteiger partial charge is 0.481 e. The third-order valence-electron chi connectivity index (χ3n) is 3.91. The second kappa shape index (κ2) is 7.13. The van der Waals surface area contributed by atoms with Gasteiger partial charge < -0.3 is 14.6 Å². The summed E-state index contributed by atoms with van der Waals surface area (Å²) in [6.45, 7) is 4.33. The maximum Gasteiger partial charge on any atom is 0.303 e. The molecular weight excluding hydrogens is 292 g/mol. The average Bonchev–Trinajstić information content (AvgIpc) is 2.81. The molecule has 2 aromatic rings. The zero-order chi connectivity index (χ0) is 17.0. The van der Waals surface area contributed by atoms with Gasteiger partial charge in [0.15, 0.2) is 0 Å². The second-order valence-corrected chi connectivity index (χ2v) is 5.68. The molecule has 0 saturated heterocycles. The van der Waals surface area contributed by atoms with Crippen LogP contribution in [0.5, 0.6) is 0 Å². The molecule has 0 bridgehead atoms. The van der Waals surface area contributed by atoms with E-state index in [1.54, 1.807) is 11.9 Å². The van der Waals surface area contributed by atoms with Crippen LogP contribution in [0.25, 0.3) is 5.69 Å². The molecule has 23 heavy (non-hydrogen) atoms. The third-order valence-corrected chi connectivity index (χ3v) is 3.91. The van der Waals surface area contributed by atoms with Gasteiger partial charge in [0.25, 0.3) is 5.91 Å². The first-order valence-electron chi connectivity index (χ1n) is 7.63. The molecule has 2 rings (SSSR count). The highest BCUT2D eigenvalue weighted by atomic mass is 16.4. The van der Waals surface area contributed by atoms with Gasteiger partial charge in [-0.3, -0.25) is 9.59 Å². The molecule has 1 N–H and O–H groups in total. The molecule has 1 amide bonds. The van der Waals surface area contributed by atoms with Crippen LogP contribution in [0.1, 0.15) is 34.6 Å². The SMILES string of the molecule is Cc1cc(C(=O)N(C)CCCC(=O)O)c(C)n1-c1ccccc1. The fourth-order valence-electron chi connectivity index (χ4n) is 2.73. The van der Waals surface area contributed by atoms with Crippen molar-refractivity contribution in [1.29, 1.82) is 0 Å². The van der Waals surface area contributed by atoms with Gasteiger partial charge in [0.2, 0.25) is 0 Å². The zero-order valence-corrected chi connectivity index (χ0v) is 13.7. The van der Waals surface area contributed by atoms with Crippen LogP contribution in [0.2, 0.25) is 0 Å². The quantitative estimate of drug-likeness (QED) is 0.891. The molecule has 0 fully saturated rings. The molecule has 1 heterocycles. The van der Waals surface area contributed by atoms with Gasteiger partial charge in [-0.15, -0.1) is 0 Å². The molecule has 122 valence electrons. The van der Waals surface area contributed by atoms with Crippen molar-refractivity contribution in [3.8, 4) is 5.69 Å². The number of carboxylic acid groups (broad SMARTS) is 1. The number of benzene rings is 1. The normalized spacial score (nSPS) is 10.6. The number of hydrogen-bond donors (Lipinski definition) is 1. The van der Waals surface area contributed by atoms with Crippen molar-refractivity contribution in [1.82, 2.24) is 9.47 Å². The van der Waals surface area contributed by atoms with Crippen LogP contribution >= 0.6 is 0 Å². The Morgan fingerprint density at radius 3 is 2.43 bits per heavy atom. The van der Waals surface area contributed by atoms with Crippen molar-refractivity contribution >= 4 is 11.9 Å². The van der Waals surface area contributed by atoms with E-state index in [-0.39, 0.29) is 12.3 Å². The summed E-state index contributed by atoms with van der Waals surface area (Å²) in [5.41, 5.74) is 3.57. The molecule has 5 heteroatoms. The Morgan fingerprint density at radius 2 is 1.83 bits per heavy atom. The van der Waals surface area contributed by atoms with Crippen molar-refractivity contribution < 1.29 is 14.7 Å². The Morgan fingerprint density at radius 1 is 1.17 bits per heavy atom. The molecule has 1 aromatic heterocycles. The Hall–Kier alpha value is -2.56. The zero-order valence-electron chi connectivity index (χ0n) is 13.7. The smallest absolute Gasteiger partial charge is 0.303 e. The summed E-state index contributed by atoms with van der Waals surface area (Å²) in [6.07, 6.45) is 0.523. The van der Waals surface area contributed by atoms with Crippen LogP contribution in [0.4, 0.5) is 0 Å². The molecule has 0 atom stereocenters. The number of rotatable bonds is 6. The van der Waals surface area contributed by atoms with Crippen LogP contribution in [0.15, 0.2) is 36.4 Å². The van der Waals surface area contributed by atoms with Gasteiger partial charge >= 0.3 is 5.97 Å². The highest BCUT2D eigenvalue weighted by Gasteiger charge is 2.19. The maximum atomic E-state index is 12.6. The van der Waals surface area contributed by atoms with Crippen molar-refractivity contribution in [2.45, 2.75) is 26.7 Å². The predicted molar refractivity (Wildman–Crippen MR) is 89.1 cm³/mol. The van der Waals surface area contributed by atoms with E-state index in [1.165, 1.54) is 0 Å².